The van der Waals surface area contributed by atoms with Crippen molar-refractivity contribution in [3.8, 4) is 6.07 Å². The van der Waals surface area contributed by atoms with Crippen molar-refractivity contribution in [2.24, 2.45) is 0 Å². The molecule has 0 amide bonds. The van der Waals surface area contributed by atoms with E-state index in [0.29, 0.717) is 11.1 Å². The average Bonchev–Trinajstić information content (AvgIpc) is 3.19. The van der Waals surface area contributed by atoms with Crippen molar-refractivity contribution in [2.75, 3.05) is 12.3 Å². The van der Waals surface area contributed by atoms with Gasteiger partial charge >= 0.3 is 5.69 Å². The lowest BCUT2D eigenvalue weighted by Crippen LogP contribution is -2.32. The van der Waals surface area contributed by atoms with Crippen LogP contribution < -0.4 is 11.4 Å². The van der Waals surface area contributed by atoms with E-state index in [4.69, 9.17) is 15.7 Å². The number of benzene rings is 1. The van der Waals surface area contributed by atoms with Crippen molar-refractivity contribution in [3.63, 3.8) is 0 Å². The fourth-order valence-corrected chi connectivity index (χ4v) is 3.40. The summed E-state index contributed by atoms with van der Waals surface area (Å²) in [4.78, 5) is 21.3. The molecule has 0 unspecified atom stereocenters. The van der Waals surface area contributed by atoms with Crippen LogP contribution in [0.5, 0.6) is 0 Å². The third kappa shape index (κ3) is 3.01. The molecule has 3 heterocycles. The highest BCUT2D eigenvalue weighted by molar-refractivity contribution is 5.72. The number of aliphatic hydroxyl groups is 2. The Morgan fingerprint density at radius 1 is 1.36 bits per heavy atom. The fourth-order valence-electron chi connectivity index (χ4n) is 3.40. The summed E-state index contributed by atoms with van der Waals surface area (Å²) in [5.74, 6) is -0.0111. The van der Waals surface area contributed by atoms with Crippen LogP contribution in [0.4, 0.5) is 5.95 Å². The first kappa shape index (κ1) is 18.1. The van der Waals surface area contributed by atoms with Gasteiger partial charge in [0.05, 0.1) is 37.1 Å². The molecule has 144 valence electrons. The first-order valence-electron chi connectivity index (χ1n) is 8.68. The normalized spacial score (nSPS) is 21.8. The van der Waals surface area contributed by atoms with E-state index in [0.717, 1.165) is 5.56 Å². The number of aromatic nitrogens is 4. The number of ether oxygens (including phenoxy) is 1. The molecule has 28 heavy (non-hydrogen) atoms. The van der Waals surface area contributed by atoms with Gasteiger partial charge in [-0.25, -0.2) is 14.3 Å². The lowest BCUT2D eigenvalue weighted by Gasteiger charge is -2.15. The second kappa shape index (κ2) is 7.05. The number of rotatable bonds is 4. The summed E-state index contributed by atoms with van der Waals surface area (Å²) < 4.78 is 8.35. The van der Waals surface area contributed by atoms with E-state index >= 15 is 0 Å². The molecule has 10 nitrogen and oxygen atoms in total. The Morgan fingerprint density at radius 2 is 2.11 bits per heavy atom. The fraction of sp³-hybridized carbons (Fsp3) is 0.333. The summed E-state index contributed by atoms with van der Waals surface area (Å²) >= 11 is 0. The number of nitrogens with zero attached hydrogens (tertiary/aromatic N) is 5. The van der Waals surface area contributed by atoms with Crippen LogP contribution in [0.2, 0.25) is 0 Å². The topological polar surface area (TPSA) is 152 Å². The van der Waals surface area contributed by atoms with Gasteiger partial charge in [-0.15, -0.1) is 0 Å². The van der Waals surface area contributed by atoms with Crippen molar-refractivity contribution in [3.05, 3.63) is 52.1 Å². The van der Waals surface area contributed by atoms with Crippen LogP contribution >= 0.6 is 0 Å². The minimum atomic E-state index is -0.983. The second-order valence-corrected chi connectivity index (χ2v) is 6.62. The van der Waals surface area contributed by atoms with Crippen LogP contribution in [-0.2, 0) is 11.3 Å². The molecule has 1 aliphatic rings. The molecule has 0 aliphatic carbocycles. The summed E-state index contributed by atoms with van der Waals surface area (Å²) in [6.45, 7) is -0.0448. The van der Waals surface area contributed by atoms with E-state index in [2.05, 4.69) is 9.97 Å². The van der Waals surface area contributed by atoms with Gasteiger partial charge in [-0.3, -0.25) is 4.57 Å². The second-order valence-electron chi connectivity index (χ2n) is 6.62. The minimum absolute atomic E-state index is 0.0111. The molecule has 3 aromatic rings. The van der Waals surface area contributed by atoms with Gasteiger partial charge < -0.3 is 20.7 Å². The third-order valence-electron chi connectivity index (χ3n) is 4.77. The Bertz CT molecular complexity index is 1110. The van der Waals surface area contributed by atoms with Gasteiger partial charge in [0.15, 0.2) is 11.9 Å². The first-order chi connectivity index (χ1) is 13.5. The molecule has 10 heteroatoms. The molecule has 0 radical (unpaired) electrons. The number of fused-ring (bicyclic) bond motifs is 1. The van der Waals surface area contributed by atoms with Crippen molar-refractivity contribution in [1.82, 2.24) is 19.1 Å². The van der Waals surface area contributed by atoms with Gasteiger partial charge in [0.25, 0.3) is 0 Å². The van der Waals surface area contributed by atoms with Crippen molar-refractivity contribution < 1.29 is 14.9 Å². The number of aliphatic hydroxyl groups excluding tert-OH is 2. The van der Waals surface area contributed by atoms with Crippen LogP contribution in [0, 0.1) is 11.3 Å². The third-order valence-corrected chi connectivity index (χ3v) is 4.77. The van der Waals surface area contributed by atoms with E-state index in [1.807, 2.05) is 6.07 Å². The standard InChI is InChI=1S/C18H18N6O4/c19-6-10-1-3-11(4-2-10)8-23-13-7-21-17(20)22-15(13)24(18(23)27)16-14(26)5-12(9-25)28-16/h1-4,7,12,14,16,25-26H,5,8-9H2,(H2,20,21,22)/t12-,14+,16+/m0/s1. The molecule has 1 aromatic carbocycles. The zero-order valence-electron chi connectivity index (χ0n) is 14.8. The van der Waals surface area contributed by atoms with E-state index in [-0.39, 0.29) is 31.2 Å². The highest BCUT2D eigenvalue weighted by Crippen LogP contribution is 2.30. The number of nitriles is 1. The molecule has 4 N–H and O–H groups in total. The molecule has 4 rings (SSSR count). The molecule has 0 spiro atoms. The van der Waals surface area contributed by atoms with Crippen molar-refractivity contribution in [2.45, 2.75) is 31.4 Å². The molecule has 0 bridgehead atoms. The number of hydrogen-bond donors (Lipinski definition) is 3. The molecule has 1 aliphatic heterocycles. The van der Waals surface area contributed by atoms with E-state index in [1.54, 1.807) is 24.3 Å². The van der Waals surface area contributed by atoms with E-state index in [9.17, 15) is 15.0 Å². The highest BCUT2D eigenvalue weighted by Gasteiger charge is 2.37. The summed E-state index contributed by atoms with van der Waals surface area (Å²) in [7, 11) is 0. The van der Waals surface area contributed by atoms with E-state index in [1.165, 1.54) is 15.3 Å². The maximum absolute atomic E-state index is 13.2. The lowest BCUT2D eigenvalue weighted by atomic mass is 10.1. The van der Waals surface area contributed by atoms with Crippen LogP contribution in [0.3, 0.4) is 0 Å². The van der Waals surface area contributed by atoms with Crippen LogP contribution in [-0.4, -0.2) is 48.1 Å². The Morgan fingerprint density at radius 3 is 2.75 bits per heavy atom. The number of anilines is 1. The first-order valence-corrected chi connectivity index (χ1v) is 8.68. The molecular weight excluding hydrogens is 364 g/mol. The smallest absolute Gasteiger partial charge is 0.332 e. The van der Waals surface area contributed by atoms with Crippen LogP contribution in [0.1, 0.15) is 23.8 Å². The summed E-state index contributed by atoms with van der Waals surface area (Å²) in [5.41, 5.74) is 7.27. The number of nitrogens with two attached hydrogens (primary N) is 1. The van der Waals surface area contributed by atoms with Crippen molar-refractivity contribution in [1.29, 1.82) is 5.26 Å². The molecule has 0 saturated carbocycles. The lowest BCUT2D eigenvalue weighted by molar-refractivity contribution is -0.0505. The quantitative estimate of drug-likeness (QED) is 0.558. The van der Waals surface area contributed by atoms with E-state index < -0.39 is 24.1 Å². The zero-order chi connectivity index (χ0) is 19.8. The van der Waals surface area contributed by atoms with Crippen molar-refractivity contribution >= 4 is 17.1 Å². The Kier molecular flexibility index (Phi) is 4.56. The Hall–Kier alpha value is -3.26. The highest BCUT2D eigenvalue weighted by atomic mass is 16.5. The molecule has 3 atom stereocenters. The van der Waals surface area contributed by atoms with Crippen LogP contribution in [0.15, 0.2) is 35.3 Å². The van der Waals surface area contributed by atoms with Gasteiger partial charge in [0, 0.05) is 6.42 Å². The molecular formula is C18H18N6O4. The SMILES string of the molecule is N#Cc1ccc(Cn2c(=O)n([C@@H]3O[C@H](CO)C[C@H]3O)c3nc(N)ncc32)cc1. The molecule has 1 saturated heterocycles. The monoisotopic (exact) mass is 382 g/mol. The summed E-state index contributed by atoms with van der Waals surface area (Å²) in [6, 6.07) is 8.91. The van der Waals surface area contributed by atoms with Gasteiger partial charge in [-0.05, 0) is 17.7 Å². The van der Waals surface area contributed by atoms with Gasteiger partial charge in [0.1, 0.15) is 11.6 Å². The Labute approximate surface area is 159 Å². The number of imidazole rings is 1. The number of nitrogen functional groups attached to an aromatic ring is 1. The molecule has 1 fully saturated rings. The summed E-state index contributed by atoms with van der Waals surface area (Å²) in [5, 5.41) is 28.6. The van der Waals surface area contributed by atoms with Gasteiger partial charge in [-0.1, -0.05) is 12.1 Å². The average molecular weight is 382 g/mol. The maximum atomic E-state index is 13.2. The predicted molar refractivity (Wildman–Crippen MR) is 98.1 cm³/mol. The minimum Gasteiger partial charge on any atom is -0.394 e. The van der Waals surface area contributed by atoms with Gasteiger partial charge in [-0.2, -0.15) is 10.2 Å². The maximum Gasteiger partial charge on any atom is 0.332 e. The summed E-state index contributed by atoms with van der Waals surface area (Å²) in [6.07, 6.45) is -0.868. The predicted octanol–water partition coefficient (Wildman–Crippen LogP) is -0.264. The number of hydrogen-bond acceptors (Lipinski definition) is 8. The zero-order valence-corrected chi connectivity index (χ0v) is 14.8. The van der Waals surface area contributed by atoms with Crippen LogP contribution in [0.25, 0.3) is 11.2 Å². The molecule has 2 aromatic heterocycles. The Balaban J connectivity index is 1.82. The van der Waals surface area contributed by atoms with Gasteiger partial charge in [0.2, 0.25) is 5.95 Å². The largest absolute Gasteiger partial charge is 0.394 e.